The Morgan fingerprint density at radius 3 is 3.05 bits per heavy atom. The van der Waals surface area contributed by atoms with Crippen LogP contribution in [0.4, 0.5) is 5.69 Å². The number of esters is 1. The summed E-state index contributed by atoms with van der Waals surface area (Å²) in [7, 11) is 0. The zero-order valence-electron chi connectivity index (χ0n) is 12.2. The fraction of sp³-hybridized carbons (Fsp3) is 0.588. The number of carbonyl (C=O) groups is 1. The largest absolute Gasteiger partial charge is 0.458 e. The molecule has 0 bridgehead atoms. The molecule has 0 spiro atoms. The van der Waals surface area contributed by atoms with Gasteiger partial charge in [-0.15, -0.1) is 0 Å². The Kier molecular flexibility index (Phi) is 3.95. The van der Waals surface area contributed by atoms with Gasteiger partial charge in [0.15, 0.2) is 0 Å². The zero-order chi connectivity index (χ0) is 13.9. The molecule has 1 heterocycles. The van der Waals surface area contributed by atoms with Crippen molar-refractivity contribution in [3.63, 3.8) is 0 Å². The molecule has 3 nitrogen and oxygen atoms in total. The molecule has 3 heteroatoms. The van der Waals surface area contributed by atoms with Gasteiger partial charge in [0.1, 0.15) is 6.10 Å². The second-order valence-electron chi connectivity index (χ2n) is 5.95. The summed E-state index contributed by atoms with van der Waals surface area (Å²) in [6, 6.07) is 5.86. The minimum atomic E-state index is -0.148. The molecule has 1 N–H and O–H groups in total. The predicted octanol–water partition coefficient (Wildman–Crippen LogP) is 3.78. The molecule has 1 saturated carbocycles. The molecule has 1 aliphatic carbocycles. The number of hydrogen-bond acceptors (Lipinski definition) is 3. The Hall–Kier alpha value is -1.51. The third kappa shape index (κ3) is 2.67. The van der Waals surface area contributed by atoms with Crippen molar-refractivity contribution in [3.05, 3.63) is 29.3 Å². The Bertz CT molecular complexity index is 498. The van der Waals surface area contributed by atoms with Crippen molar-refractivity contribution in [2.45, 2.75) is 51.6 Å². The number of fused-ring (bicyclic) bond motifs is 1. The van der Waals surface area contributed by atoms with Gasteiger partial charge in [-0.1, -0.05) is 13.3 Å². The maximum atomic E-state index is 12.3. The van der Waals surface area contributed by atoms with Crippen LogP contribution in [0.15, 0.2) is 18.2 Å². The number of anilines is 1. The van der Waals surface area contributed by atoms with Crippen LogP contribution in [0.3, 0.4) is 0 Å². The first kappa shape index (κ1) is 13.5. The Labute approximate surface area is 120 Å². The van der Waals surface area contributed by atoms with E-state index in [1.54, 1.807) is 0 Å². The summed E-state index contributed by atoms with van der Waals surface area (Å²) in [6.45, 7) is 3.16. The number of hydrogen-bond donors (Lipinski definition) is 1. The molecule has 0 amide bonds. The molecule has 1 aliphatic heterocycles. The lowest BCUT2D eigenvalue weighted by Crippen LogP contribution is -2.29. The van der Waals surface area contributed by atoms with E-state index in [0.717, 1.165) is 31.5 Å². The van der Waals surface area contributed by atoms with Crippen molar-refractivity contribution in [2.24, 2.45) is 5.92 Å². The number of ether oxygens (including phenoxy) is 1. The first-order valence-corrected chi connectivity index (χ1v) is 7.85. The third-order valence-electron chi connectivity index (χ3n) is 4.67. The van der Waals surface area contributed by atoms with E-state index >= 15 is 0 Å². The molecule has 0 aromatic heterocycles. The highest BCUT2D eigenvalue weighted by Crippen LogP contribution is 2.30. The molecular weight excluding hydrogens is 250 g/mol. The summed E-state index contributed by atoms with van der Waals surface area (Å²) >= 11 is 0. The van der Waals surface area contributed by atoms with E-state index in [4.69, 9.17) is 4.74 Å². The molecule has 1 aromatic carbocycles. The molecule has 2 atom stereocenters. The third-order valence-corrected chi connectivity index (χ3v) is 4.67. The van der Waals surface area contributed by atoms with Gasteiger partial charge in [-0.2, -0.15) is 0 Å². The maximum absolute atomic E-state index is 12.3. The van der Waals surface area contributed by atoms with Gasteiger partial charge in [-0.3, -0.25) is 0 Å². The molecule has 20 heavy (non-hydrogen) atoms. The number of rotatable bonds is 3. The Balaban J connectivity index is 1.69. The van der Waals surface area contributed by atoms with Crippen molar-refractivity contribution < 1.29 is 9.53 Å². The van der Waals surface area contributed by atoms with Crippen LogP contribution in [-0.2, 0) is 11.2 Å². The molecule has 2 aliphatic rings. The quantitative estimate of drug-likeness (QED) is 0.852. The highest BCUT2D eigenvalue weighted by Gasteiger charge is 2.27. The average Bonchev–Trinajstić information content (AvgIpc) is 2.95. The van der Waals surface area contributed by atoms with Crippen LogP contribution in [-0.4, -0.2) is 18.6 Å². The van der Waals surface area contributed by atoms with Crippen molar-refractivity contribution >= 4 is 11.7 Å². The summed E-state index contributed by atoms with van der Waals surface area (Å²) in [5, 5.41) is 3.31. The van der Waals surface area contributed by atoms with Crippen LogP contribution in [0.5, 0.6) is 0 Å². The van der Waals surface area contributed by atoms with Crippen molar-refractivity contribution in [3.8, 4) is 0 Å². The smallest absolute Gasteiger partial charge is 0.338 e. The fourth-order valence-electron chi connectivity index (χ4n) is 3.43. The molecule has 0 saturated heterocycles. The predicted molar refractivity (Wildman–Crippen MR) is 80.1 cm³/mol. The first-order chi connectivity index (χ1) is 9.78. The van der Waals surface area contributed by atoms with Gasteiger partial charge >= 0.3 is 5.97 Å². The minimum Gasteiger partial charge on any atom is -0.458 e. The van der Waals surface area contributed by atoms with Crippen LogP contribution in [0.25, 0.3) is 0 Å². The lowest BCUT2D eigenvalue weighted by molar-refractivity contribution is 0.000704. The van der Waals surface area contributed by atoms with E-state index < -0.39 is 0 Å². The zero-order valence-corrected chi connectivity index (χ0v) is 12.2. The highest BCUT2D eigenvalue weighted by atomic mass is 16.5. The van der Waals surface area contributed by atoms with E-state index in [1.165, 1.54) is 24.8 Å². The van der Waals surface area contributed by atoms with Gasteiger partial charge < -0.3 is 10.1 Å². The lowest BCUT2D eigenvalue weighted by atomic mass is 9.85. The standard InChI is InChI=1S/C17H23NO2/c1-2-12-5-3-4-6-16(12)20-17(19)14-7-8-15-13(11-14)9-10-18-15/h7-8,11-12,16,18H,2-6,9-10H2,1H3. The minimum absolute atomic E-state index is 0.118. The summed E-state index contributed by atoms with van der Waals surface area (Å²) in [5.41, 5.74) is 3.09. The first-order valence-electron chi connectivity index (χ1n) is 7.85. The van der Waals surface area contributed by atoms with Gasteiger partial charge in [-0.05, 0) is 61.8 Å². The summed E-state index contributed by atoms with van der Waals surface area (Å²) in [5.74, 6) is 0.397. The summed E-state index contributed by atoms with van der Waals surface area (Å²) in [4.78, 5) is 12.3. The van der Waals surface area contributed by atoms with Gasteiger partial charge in [-0.25, -0.2) is 4.79 Å². The topological polar surface area (TPSA) is 38.3 Å². The van der Waals surface area contributed by atoms with Gasteiger partial charge in [0.25, 0.3) is 0 Å². The SMILES string of the molecule is CCC1CCCCC1OC(=O)c1ccc2c(c1)CCN2. The molecule has 2 unspecified atom stereocenters. The number of nitrogens with one attached hydrogen (secondary N) is 1. The molecule has 1 aromatic rings. The van der Waals surface area contributed by atoms with Crippen LogP contribution in [0.2, 0.25) is 0 Å². The van der Waals surface area contributed by atoms with E-state index in [2.05, 4.69) is 12.2 Å². The van der Waals surface area contributed by atoms with E-state index in [0.29, 0.717) is 11.5 Å². The molecule has 3 rings (SSSR count). The van der Waals surface area contributed by atoms with Crippen molar-refractivity contribution in [1.29, 1.82) is 0 Å². The average molecular weight is 273 g/mol. The van der Waals surface area contributed by atoms with E-state index in [9.17, 15) is 4.79 Å². The monoisotopic (exact) mass is 273 g/mol. The Morgan fingerprint density at radius 2 is 2.20 bits per heavy atom. The van der Waals surface area contributed by atoms with E-state index in [-0.39, 0.29) is 12.1 Å². The summed E-state index contributed by atoms with van der Waals surface area (Å²) < 4.78 is 5.78. The number of benzene rings is 1. The van der Waals surface area contributed by atoms with Crippen molar-refractivity contribution in [1.82, 2.24) is 0 Å². The van der Waals surface area contributed by atoms with Crippen LogP contribution in [0, 0.1) is 5.92 Å². The van der Waals surface area contributed by atoms with Crippen LogP contribution < -0.4 is 5.32 Å². The summed E-state index contributed by atoms with van der Waals surface area (Å²) in [6.07, 6.45) is 6.90. The normalized spacial score (nSPS) is 24.9. The molecule has 0 radical (unpaired) electrons. The lowest BCUT2D eigenvalue weighted by Gasteiger charge is -2.30. The van der Waals surface area contributed by atoms with Gasteiger partial charge in [0.2, 0.25) is 0 Å². The van der Waals surface area contributed by atoms with Gasteiger partial charge in [0, 0.05) is 12.2 Å². The highest BCUT2D eigenvalue weighted by molar-refractivity contribution is 5.90. The molecule has 1 fully saturated rings. The van der Waals surface area contributed by atoms with E-state index in [1.807, 2.05) is 18.2 Å². The fourth-order valence-corrected chi connectivity index (χ4v) is 3.43. The van der Waals surface area contributed by atoms with Gasteiger partial charge in [0.05, 0.1) is 5.56 Å². The van der Waals surface area contributed by atoms with Crippen LogP contribution >= 0.6 is 0 Å². The molecular formula is C17H23NO2. The second kappa shape index (κ2) is 5.86. The maximum Gasteiger partial charge on any atom is 0.338 e. The Morgan fingerprint density at radius 1 is 1.35 bits per heavy atom. The number of carbonyl (C=O) groups excluding carboxylic acids is 1. The van der Waals surface area contributed by atoms with Crippen LogP contribution in [0.1, 0.15) is 54.9 Å². The molecule has 108 valence electrons. The van der Waals surface area contributed by atoms with Crippen molar-refractivity contribution in [2.75, 3.05) is 11.9 Å². The second-order valence-corrected chi connectivity index (χ2v) is 5.95.